The first-order valence-electron chi connectivity index (χ1n) is 6.35. The van der Waals surface area contributed by atoms with E-state index in [1.54, 1.807) is 0 Å². The molecule has 102 valence electrons. The first-order chi connectivity index (χ1) is 9.00. The molecule has 0 bridgehead atoms. The third-order valence-electron chi connectivity index (χ3n) is 3.34. The molecule has 1 aliphatic heterocycles. The first kappa shape index (κ1) is 13.4. The van der Waals surface area contributed by atoms with Crippen LogP contribution in [0.4, 0.5) is 5.69 Å². The fraction of sp³-hybridized carbons (Fsp3) is 0.429. The van der Waals surface area contributed by atoms with Gasteiger partial charge >= 0.3 is 5.97 Å². The predicted octanol–water partition coefficient (Wildman–Crippen LogP) is 1.52. The van der Waals surface area contributed by atoms with Crippen LogP contribution in [0.1, 0.15) is 25.3 Å². The molecule has 2 N–H and O–H groups in total. The summed E-state index contributed by atoms with van der Waals surface area (Å²) in [5.41, 5.74) is 1.91. The Hall–Kier alpha value is -2.04. The van der Waals surface area contributed by atoms with E-state index in [1.165, 1.54) is 4.90 Å². The zero-order valence-corrected chi connectivity index (χ0v) is 11.1. The van der Waals surface area contributed by atoms with Gasteiger partial charge in [0.15, 0.2) is 0 Å². The van der Waals surface area contributed by atoms with E-state index in [9.17, 15) is 9.59 Å². The van der Waals surface area contributed by atoms with E-state index >= 15 is 0 Å². The molecule has 1 aliphatic rings. The summed E-state index contributed by atoms with van der Waals surface area (Å²) in [6.45, 7) is 3.93. The van der Waals surface area contributed by atoms with Crippen LogP contribution >= 0.6 is 0 Å². The highest BCUT2D eigenvalue weighted by Gasteiger charge is 2.33. The molecule has 0 saturated heterocycles. The summed E-state index contributed by atoms with van der Waals surface area (Å²) < 4.78 is 0. The smallest absolute Gasteiger partial charge is 0.323 e. The Morgan fingerprint density at radius 1 is 1.42 bits per heavy atom. The van der Waals surface area contributed by atoms with Crippen LogP contribution in [0, 0.1) is 0 Å². The van der Waals surface area contributed by atoms with E-state index in [0.29, 0.717) is 6.54 Å². The number of nitrogens with zero attached hydrogens (tertiary/aromatic N) is 1. The molecular weight excluding hydrogens is 244 g/mol. The number of hydrogen-bond acceptors (Lipinski definition) is 3. The number of amides is 1. The molecule has 0 aliphatic carbocycles. The predicted molar refractivity (Wildman–Crippen MR) is 72.2 cm³/mol. The van der Waals surface area contributed by atoms with Gasteiger partial charge in [0.05, 0.1) is 5.92 Å². The van der Waals surface area contributed by atoms with Crippen molar-refractivity contribution in [3.63, 3.8) is 0 Å². The number of benzene rings is 1. The van der Waals surface area contributed by atoms with Crippen molar-refractivity contribution >= 4 is 17.6 Å². The quantitative estimate of drug-likeness (QED) is 0.863. The Morgan fingerprint density at radius 3 is 2.74 bits per heavy atom. The number of carbonyl (C=O) groups is 2. The highest BCUT2D eigenvalue weighted by molar-refractivity contribution is 5.90. The fourth-order valence-electron chi connectivity index (χ4n) is 2.37. The van der Waals surface area contributed by atoms with Crippen LogP contribution in [0.5, 0.6) is 0 Å². The average Bonchev–Trinajstić information content (AvgIpc) is 2.78. The van der Waals surface area contributed by atoms with Gasteiger partial charge in [-0.2, -0.15) is 0 Å². The molecule has 0 spiro atoms. The summed E-state index contributed by atoms with van der Waals surface area (Å²) in [4.78, 5) is 24.8. The van der Waals surface area contributed by atoms with E-state index in [1.807, 2.05) is 38.1 Å². The van der Waals surface area contributed by atoms with Crippen LogP contribution in [0.2, 0.25) is 0 Å². The summed E-state index contributed by atoms with van der Waals surface area (Å²) in [5.74, 6) is -1.41. The molecular formula is C14H18N2O3. The number of nitrogens with one attached hydrogen (secondary N) is 1. The van der Waals surface area contributed by atoms with E-state index < -0.39 is 5.97 Å². The van der Waals surface area contributed by atoms with E-state index in [2.05, 4.69) is 5.32 Å². The molecule has 1 atom stereocenters. The molecule has 1 amide bonds. The molecule has 1 unspecified atom stereocenters. The highest BCUT2D eigenvalue weighted by atomic mass is 16.4. The minimum Gasteiger partial charge on any atom is -0.480 e. The van der Waals surface area contributed by atoms with Crippen molar-refractivity contribution < 1.29 is 14.7 Å². The zero-order valence-electron chi connectivity index (χ0n) is 11.1. The Labute approximate surface area is 112 Å². The highest BCUT2D eigenvalue weighted by Crippen LogP contribution is 2.32. The minimum atomic E-state index is -0.985. The van der Waals surface area contributed by atoms with Gasteiger partial charge in [-0.05, 0) is 25.5 Å². The zero-order chi connectivity index (χ0) is 14.0. The van der Waals surface area contributed by atoms with Crippen LogP contribution in [0.15, 0.2) is 24.3 Å². The van der Waals surface area contributed by atoms with Gasteiger partial charge in [-0.1, -0.05) is 18.2 Å². The van der Waals surface area contributed by atoms with Gasteiger partial charge in [0.25, 0.3) is 0 Å². The van der Waals surface area contributed by atoms with Crippen LogP contribution < -0.4 is 5.32 Å². The average molecular weight is 262 g/mol. The van der Waals surface area contributed by atoms with Crippen LogP contribution in [-0.2, 0) is 9.59 Å². The SMILES string of the molecule is CC(C)N(CC(=O)O)C(=O)C1CNc2ccccc21. The second kappa shape index (κ2) is 5.30. The summed E-state index contributed by atoms with van der Waals surface area (Å²) in [7, 11) is 0. The largest absolute Gasteiger partial charge is 0.480 e. The molecule has 5 heteroatoms. The molecule has 19 heavy (non-hydrogen) atoms. The van der Waals surface area contributed by atoms with E-state index in [0.717, 1.165) is 11.3 Å². The molecule has 0 aromatic heterocycles. The van der Waals surface area contributed by atoms with Crippen molar-refractivity contribution in [2.24, 2.45) is 0 Å². The van der Waals surface area contributed by atoms with Gasteiger partial charge in [0.2, 0.25) is 5.91 Å². The number of aliphatic carboxylic acids is 1. The fourth-order valence-corrected chi connectivity index (χ4v) is 2.37. The van der Waals surface area contributed by atoms with Crippen molar-refractivity contribution in [3.05, 3.63) is 29.8 Å². The lowest BCUT2D eigenvalue weighted by Gasteiger charge is -2.27. The Morgan fingerprint density at radius 2 is 2.11 bits per heavy atom. The topological polar surface area (TPSA) is 69.6 Å². The monoisotopic (exact) mass is 262 g/mol. The lowest BCUT2D eigenvalue weighted by atomic mass is 9.99. The van der Waals surface area contributed by atoms with Crippen molar-refractivity contribution in [3.8, 4) is 0 Å². The van der Waals surface area contributed by atoms with Crippen molar-refractivity contribution in [1.82, 2.24) is 4.90 Å². The molecule has 2 rings (SSSR count). The lowest BCUT2D eigenvalue weighted by molar-refractivity contribution is -0.146. The molecule has 5 nitrogen and oxygen atoms in total. The molecule has 1 aromatic rings. The molecule has 0 fully saturated rings. The Bertz CT molecular complexity index is 499. The minimum absolute atomic E-state index is 0.128. The second-order valence-corrected chi connectivity index (χ2v) is 4.97. The number of fused-ring (bicyclic) bond motifs is 1. The Kier molecular flexibility index (Phi) is 3.74. The van der Waals surface area contributed by atoms with Crippen LogP contribution in [-0.4, -0.2) is 41.0 Å². The van der Waals surface area contributed by atoms with Gasteiger partial charge in [-0.25, -0.2) is 0 Å². The molecule has 0 radical (unpaired) electrons. The van der Waals surface area contributed by atoms with E-state index in [-0.39, 0.29) is 24.4 Å². The maximum absolute atomic E-state index is 12.5. The van der Waals surface area contributed by atoms with Gasteiger partial charge in [-0.3, -0.25) is 9.59 Å². The summed E-state index contributed by atoms with van der Waals surface area (Å²) in [6, 6.07) is 7.52. The number of carboxylic acids is 1. The van der Waals surface area contributed by atoms with Crippen molar-refractivity contribution in [1.29, 1.82) is 0 Å². The number of carboxylic acid groups (broad SMARTS) is 1. The van der Waals surface area contributed by atoms with Gasteiger partial charge < -0.3 is 15.3 Å². The number of hydrogen-bond donors (Lipinski definition) is 2. The van der Waals surface area contributed by atoms with E-state index in [4.69, 9.17) is 5.11 Å². The summed E-state index contributed by atoms with van der Waals surface area (Å²) >= 11 is 0. The van der Waals surface area contributed by atoms with Gasteiger partial charge in [0, 0.05) is 18.3 Å². The Balaban J connectivity index is 2.22. The van der Waals surface area contributed by atoms with Crippen molar-refractivity contribution in [2.75, 3.05) is 18.4 Å². The maximum atomic E-state index is 12.5. The standard InChI is InChI=1S/C14H18N2O3/c1-9(2)16(8-13(17)18)14(19)11-7-15-12-6-4-3-5-10(11)12/h3-6,9,11,15H,7-8H2,1-2H3,(H,17,18). The third-order valence-corrected chi connectivity index (χ3v) is 3.34. The van der Waals surface area contributed by atoms with Crippen LogP contribution in [0.3, 0.4) is 0 Å². The maximum Gasteiger partial charge on any atom is 0.323 e. The van der Waals surface area contributed by atoms with Crippen molar-refractivity contribution in [2.45, 2.75) is 25.8 Å². The number of para-hydroxylation sites is 1. The van der Waals surface area contributed by atoms with Gasteiger partial charge in [0.1, 0.15) is 6.54 Å². The van der Waals surface area contributed by atoms with Gasteiger partial charge in [-0.15, -0.1) is 0 Å². The normalized spacial score (nSPS) is 16.9. The molecule has 1 heterocycles. The molecule has 1 aromatic carbocycles. The number of anilines is 1. The lowest BCUT2D eigenvalue weighted by Crippen LogP contribution is -2.43. The summed E-state index contributed by atoms with van der Waals surface area (Å²) in [5, 5.41) is 12.1. The second-order valence-electron chi connectivity index (χ2n) is 4.97. The first-order valence-corrected chi connectivity index (χ1v) is 6.35. The summed E-state index contributed by atoms with van der Waals surface area (Å²) in [6.07, 6.45) is 0. The number of rotatable bonds is 4. The van der Waals surface area contributed by atoms with Crippen LogP contribution in [0.25, 0.3) is 0 Å². The molecule has 0 saturated carbocycles. The number of carbonyl (C=O) groups excluding carboxylic acids is 1. The third kappa shape index (κ3) is 2.70.